The van der Waals surface area contributed by atoms with E-state index in [9.17, 15) is 23.1 Å². The molecule has 2 heterocycles. The van der Waals surface area contributed by atoms with Gasteiger partial charge in [0.15, 0.2) is 6.23 Å². The third kappa shape index (κ3) is 4.88. The van der Waals surface area contributed by atoms with Crippen molar-refractivity contribution < 1.29 is 37.3 Å². The van der Waals surface area contributed by atoms with Gasteiger partial charge in [0, 0.05) is 18.3 Å². The SMILES string of the molecule is O=C(O)C1(N2C=C3N[C@@H](c4ccc(OCc5ccc(OC(F)(F)F)cc5)cc4)O[C@@H]3CC2)CCC1. The van der Waals surface area contributed by atoms with Gasteiger partial charge in [0.05, 0.1) is 5.70 Å². The van der Waals surface area contributed by atoms with Crippen molar-refractivity contribution in [3.05, 3.63) is 71.6 Å². The maximum absolute atomic E-state index is 12.3. The number of nitrogens with zero attached hydrogens (tertiary/aromatic N) is 1. The molecule has 1 aliphatic carbocycles. The summed E-state index contributed by atoms with van der Waals surface area (Å²) >= 11 is 0. The maximum Gasteiger partial charge on any atom is 0.573 e. The molecule has 35 heavy (non-hydrogen) atoms. The van der Waals surface area contributed by atoms with Crippen molar-refractivity contribution in [2.24, 2.45) is 0 Å². The molecule has 0 unspecified atom stereocenters. The highest BCUT2D eigenvalue weighted by atomic mass is 19.4. The number of benzene rings is 2. The van der Waals surface area contributed by atoms with Crippen LogP contribution in [0.4, 0.5) is 13.2 Å². The molecule has 3 aliphatic rings. The van der Waals surface area contributed by atoms with E-state index < -0.39 is 17.9 Å². The molecule has 2 atom stereocenters. The van der Waals surface area contributed by atoms with E-state index in [2.05, 4.69) is 10.1 Å². The van der Waals surface area contributed by atoms with Gasteiger partial charge >= 0.3 is 12.3 Å². The highest BCUT2D eigenvalue weighted by molar-refractivity contribution is 5.80. The molecule has 0 radical (unpaired) electrons. The number of carboxylic acids is 1. The number of hydrogen-bond donors (Lipinski definition) is 2. The highest BCUT2D eigenvalue weighted by Crippen LogP contribution is 2.42. The summed E-state index contributed by atoms with van der Waals surface area (Å²) in [6.07, 6.45) is -0.285. The topological polar surface area (TPSA) is 80.3 Å². The lowest BCUT2D eigenvalue weighted by atomic mass is 9.75. The molecule has 1 saturated heterocycles. The van der Waals surface area contributed by atoms with Crippen molar-refractivity contribution in [2.45, 2.75) is 56.5 Å². The third-order valence-electron chi connectivity index (χ3n) is 6.75. The number of carbonyl (C=O) groups is 1. The van der Waals surface area contributed by atoms with Gasteiger partial charge in [-0.25, -0.2) is 4.79 Å². The maximum atomic E-state index is 12.3. The van der Waals surface area contributed by atoms with Crippen LogP contribution < -0.4 is 14.8 Å². The van der Waals surface area contributed by atoms with Gasteiger partial charge in [-0.15, -0.1) is 13.2 Å². The first kappa shape index (κ1) is 23.3. The van der Waals surface area contributed by atoms with E-state index in [-0.39, 0.29) is 24.7 Å². The fourth-order valence-electron chi connectivity index (χ4n) is 4.68. The standard InChI is InChI=1S/C25H25F3N2O5/c26-25(27,28)35-19-6-2-16(3-7-19)15-33-18-8-4-17(5-9-18)22-29-20-14-30(13-10-21(20)34-22)24(23(31)32)11-1-12-24/h2-9,14,21-22,29H,1,10-13,15H2,(H,31,32)/t21-,22-/m1/s1. The molecule has 0 aromatic heterocycles. The number of hydrogen-bond acceptors (Lipinski definition) is 6. The highest BCUT2D eigenvalue weighted by Gasteiger charge is 2.50. The summed E-state index contributed by atoms with van der Waals surface area (Å²) in [5.41, 5.74) is 1.72. The Kier molecular flexibility index (Phi) is 6.00. The van der Waals surface area contributed by atoms with E-state index in [0.29, 0.717) is 30.7 Å². The van der Waals surface area contributed by atoms with Gasteiger partial charge in [0.2, 0.25) is 0 Å². The molecular weight excluding hydrogens is 465 g/mol. The van der Waals surface area contributed by atoms with E-state index in [1.807, 2.05) is 23.2 Å². The lowest BCUT2D eigenvalue weighted by molar-refractivity contribution is -0.274. The van der Waals surface area contributed by atoms with Crippen LogP contribution in [-0.2, 0) is 16.1 Å². The van der Waals surface area contributed by atoms with Crippen LogP contribution in [0.2, 0.25) is 0 Å². The van der Waals surface area contributed by atoms with Crippen molar-refractivity contribution >= 4 is 5.97 Å². The lowest BCUT2D eigenvalue weighted by Crippen LogP contribution is -2.58. The van der Waals surface area contributed by atoms with E-state index >= 15 is 0 Å². The van der Waals surface area contributed by atoms with E-state index in [1.165, 1.54) is 24.3 Å². The Morgan fingerprint density at radius 2 is 1.80 bits per heavy atom. The minimum atomic E-state index is -4.72. The number of fused-ring (bicyclic) bond motifs is 1. The molecular formula is C25H25F3N2O5. The van der Waals surface area contributed by atoms with Gasteiger partial charge in [-0.1, -0.05) is 24.3 Å². The Hall–Kier alpha value is -3.40. The second kappa shape index (κ2) is 8.99. The molecule has 2 aliphatic heterocycles. The molecule has 2 aromatic rings. The van der Waals surface area contributed by atoms with Crippen LogP contribution in [0, 0.1) is 0 Å². The Bertz CT molecular complexity index is 1100. The molecule has 7 nitrogen and oxygen atoms in total. The molecule has 186 valence electrons. The number of carboxylic acid groups (broad SMARTS) is 1. The monoisotopic (exact) mass is 490 g/mol. The van der Waals surface area contributed by atoms with Gasteiger partial charge in [0.1, 0.15) is 29.7 Å². The van der Waals surface area contributed by atoms with Crippen LogP contribution >= 0.6 is 0 Å². The van der Waals surface area contributed by atoms with E-state index in [4.69, 9.17) is 9.47 Å². The summed E-state index contributed by atoms with van der Waals surface area (Å²) in [6.45, 7) is 0.838. The number of nitrogens with one attached hydrogen (secondary N) is 1. The average Bonchev–Trinajstić information content (AvgIpc) is 3.20. The van der Waals surface area contributed by atoms with Crippen molar-refractivity contribution in [1.82, 2.24) is 10.2 Å². The normalized spacial score (nSPS) is 22.9. The molecule has 0 bridgehead atoms. The lowest BCUT2D eigenvalue weighted by Gasteiger charge is -2.48. The molecule has 10 heteroatoms. The predicted octanol–water partition coefficient (Wildman–Crippen LogP) is 4.71. The second-order valence-corrected chi connectivity index (χ2v) is 8.96. The Labute approximate surface area is 200 Å². The van der Waals surface area contributed by atoms with Gasteiger partial charge < -0.3 is 29.5 Å². The summed E-state index contributed by atoms with van der Waals surface area (Å²) in [5.74, 6) is -0.437. The summed E-state index contributed by atoms with van der Waals surface area (Å²) in [4.78, 5) is 13.8. The van der Waals surface area contributed by atoms with Crippen LogP contribution in [-0.4, -0.2) is 40.5 Å². The number of halogens is 3. The van der Waals surface area contributed by atoms with Crippen molar-refractivity contribution in [1.29, 1.82) is 0 Å². The van der Waals surface area contributed by atoms with E-state index in [0.717, 1.165) is 24.1 Å². The van der Waals surface area contributed by atoms with Gasteiger partial charge in [0.25, 0.3) is 0 Å². The first-order valence-electron chi connectivity index (χ1n) is 11.4. The zero-order chi connectivity index (χ0) is 24.6. The first-order chi connectivity index (χ1) is 16.7. The van der Waals surface area contributed by atoms with Crippen LogP contribution in [0.15, 0.2) is 60.4 Å². The number of aliphatic carboxylic acids is 1. The summed E-state index contributed by atoms with van der Waals surface area (Å²) < 4.78 is 52.6. The molecule has 2 aromatic carbocycles. The fraction of sp³-hybridized carbons (Fsp3) is 0.400. The van der Waals surface area contributed by atoms with Gasteiger partial charge in [-0.2, -0.15) is 0 Å². The van der Waals surface area contributed by atoms with Crippen molar-refractivity contribution in [3.63, 3.8) is 0 Å². The Balaban J connectivity index is 1.17. The zero-order valence-electron chi connectivity index (χ0n) is 18.8. The first-order valence-corrected chi connectivity index (χ1v) is 11.4. The van der Waals surface area contributed by atoms with Crippen LogP contribution in [0.5, 0.6) is 11.5 Å². The molecule has 5 rings (SSSR count). The summed E-state index contributed by atoms with van der Waals surface area (Å²) in [5, 5.41) is 13.1. The summed E-state index contributed by atoms with van der Waals surface area (Å²) in [6, 6.07) is 12.9. The molecule has 2 fully saturated rings. The minimum Gasteiger partial charge on any atom is -0.489 e. The number of rotatable bonds is 7. The van der Waals surface area contributed by atoms with Crippen molar-refractivity contribution in [3.8, 4) is 11.5 Å². The fourth-order valence-corrected chi connectivity index (χ4v) is 4.68. The smallest absolute Gasteiger partial charge is 0.489 e. The zero-order valence-corrected chi connectivity index (χ0v) is 18.8. The number of alkyl halides is 3. The van der Waals surface area contributed by atoms with Gasteiger partial charge in [-0.3, -0.25) is 0 Å². The second-order valence-electron chi connectivity index (χ2n) is 8.96. The van der Waals surface area contributed by atoms with E-state index in [1.54, 1.807) is 12.1 Å². The Morgan fingerprint density at radius 3 is 2.40 bits per heavy atom. The molecule has 2 N–H and O–H groups in total. The van der Waals surface area contributed by atoms with Crippen LogP contribution in [0.3, 0.4) is 0 Å². The molecule has 1 saturated carbocycles. The minimum absolute atomic E-state index is 0.0950. The summed E-state index contributed by atoms with van der Waals surface area (Å²) in [7, 11) is 0. The van der Waals surface area contributed by atoms with Crippen molar-refractivity contribution in [2.75, 3.05) is 6.54 Å². The number of ether oxygens (including phenoxy) is 3. The van der Waals surface area contributed by atoms with Crippen LogP contribution in [0.1, 0.15) is 43.0 Å². The average molecular weight is 490 g/mol. The van der Waals surface area contributed by atoms with Gasteiger partial charge in [-0.05, 0) is 55.5 Å². The van der Waals surface area contributed by atoms with Crippen LogP contribution in [0.25, 0.3) is 0 Å². The molecule has 0 spiro atoms. The predicted molar refractivity (Wildman–Crippen MR) is 118 cm³/mol. The molecule has 0 amide bonds. The quantitative estimate of drug-likeness (QED) is 0.582. The Morgan fingerprint density at radius 1 is 1.11 bits per heavy atom. The third-order valence-corrected chi connectivity index (χ3v) is 6.75. The largest absolute Gasteiger partial charge is 0.573 e.